The third-order valence-electron chi connectivity index (χ3n) is 1.61. The van der Waals surface area contributed by atoms with Gasteiger partial charge in [-0.25, -0.2) is 0 Å². The minimum Gasteiger partial charge on any atom is -0.384 e. The Labute approximate surface area is 73.1 Å². The zero-order chi connectivity index (χ0) is 9.78. The molecule has 0 aromatic heterocycles. The van der Waals surface area contributed by atoms with Crippen molar-refractivity contribution in [3.05, 3.63) is 0 Å². The van der Waals surface area contributed by atoms with E-state index in [0.717, 1.165) is 0 Å². The van der Waals surface area contributed by atoms with Crippen molar-refractivity contribution >= 4 is 5.91 Å². The van der Waals surface area contributed by atoms with Crippen molar-refractivity contribution in [1.29, 1.82) is 0 Å². The summed E-state index contributed by atoms with van der Waals surface area (Å²) in [6, 6.07) is 0. The summed E-state index contributed by atoms with van der Waals surface area (Å²) < 4.78 is 0. The van der Waals surface area contributed by atoms with Crippen LogP contribution in [0.3, 0.4) is 0 Å². The molecule has 0 fully saturated rings. The van der Waals surface area contributed by atoms with E-state index in [2.05, 4.69) is 5.32 Å². The molecule has 0 aliphatic rings. The monoisotopic (exact) mass is 174 g/mol. The van der Waals surface area contributed by atoms with Crippen LogP contribution >= 0.6 is 0 Å². The van der Waals surface area contributed by atoms with Crippen molar-refractivity contribution < 1.29 is 9.90 Å². The third-order valence-corrected chi connectivity index (χ3v) is 1.61. The second-order valence-corrected chi connectivity index (χ2v) is 3.59. The van der Waals surface area contributed by atoms with Crippen LogP contribution in [0.4, 0.5) is 0 Å². The number of carbonyl (C=O) groups is 1. The lowest BCUT2D eigenvalue weighted by atomic mass is 10.0. The fourth-order valence-corrected chi connectivity index (χ4v) is 0.861. The maximum absolute atomic E-state index is 11.0. The minimum absolute atomic E-state index is 0.331. The Bertz CT molecular complexity index is 155. The smallest absolute Gasteiger partial charge is 0.248 e. The number of rotatable bonds is 4. The van der Waals surface area contributed by atoms with Crippen molar-refractivity contribution in [3.63, 3.8) is 0 Å². The van der Waals surface area contributed by atoms with E-state index in [-0.39, 0.29) is 11.4 Å². The SMILES string of the molecule is CC(O)C(=O)NC(C)(C)CCN. The quantitative estimate of drug-likeness (QED) is 0.543. The molecule has 0 saturated heterocycles. The summed E-state index contributed by atoms with van der Waals surface area (Å²) in [6.07, 6.45) is -0.257. The summed E-state index contributed by atoms with van der Waals surface area (Å²) in [5.74, 6) is -0.353. The molecule has 12 heavy (non-hydrogen) atoms. The molecule has 4 N–H and O–H groups in total. The average molecular weight is 174 g/mol. The molecule has 0 radical (unpaired) electrons. The van der Waals surface area contributed by atoms with Crippen LogP contribution in [0.25, 0.3) is 0 Å². The van der Waals surface area contributed by atoms with Gasteiger partial charge in [0.1, 0.15) is 6.10 Å². The molecule has 0 spiro atoms. The predicted molar refractivity (Wildman–Crippen MR) is 47.6 cm³/mol. The van der Waals surface area contributed by atoms with E-state index in [1.807, 2.05) is 13.8 Å². The molecule has 0 aromatic rings. The van der Waals surface area contributed by atoms with Crippen molar-refractivity contribution in [2.75, 3.05) is 6.54 Å². The summed E-state index contributed by atoms with van der Waals surface area (Å²) in [7, 11) is 0. The molecular weight excluding hydrogens is 156 g/mol. The number of aliphatic hydroxyl groups excluding tert-OH is 1. The standard InChI is InChI=1S/C8H18N2O2/c1-6(11)7(12)10-8(2,3)4-5-9/h6,11H,4-5,9H2,1-3H3,(H,10,12). The van der Waals surface area contributed by atoms with Crippen LogP contribution in [0.5, 0.6) is 0 Å². The molecule has 1 atom stereocenters. The van der Waals surface area contributed by atoms with E-state index in [1.54, 1.807) is 0 Å². The Morgan fingerprint density at radius 1 is 1.67 bits per heavy atom. The maximum atomic E-state index is 11.0. The number of aliphatic hydroxyl groups is 1. The zero-order valence-electron chi connectivity index (χ0n) is 7.92. The number of carbonyl (C=O) groups excluding carboxylic acids is 1. The molecule has 0 rings (SSSR count). The van der Waals surface area contributed by atoms with E-state index in [4.69, 9.17) is 10.8 Å². The lowest BCUT2D eigenvalue weighted by Gasteiger charge is -2.26. The first kappa shape index (κ1) is 11.4. The lowest BCUT2D eigenvalue weighted by Crippen LogP contribution is -2.48. The molecule has 0 bridgehead atoms. The number of hydrogen-bond acceptors (Lipinski definition) is 3. The molecule has 1 unspecified atom stereocenters. The highest BCUT2D eigenvalue weighted by molar-refractivity contribution is 5.80. The van der Waals surface area contributed by atoms with E-state index < -0.39 is 6.10 Å². The summed E-state index contributed by atoms with van der Waals surface area (Å²) in [5, 5.41) is 11.6. The van der Waals surface area contributed by atoms with Crippen LogP contribution in [-0.2, 0) is 4.79 Å². The summed E-state index contributed by atoms with van der Waals surface area (Å²) in [4.78, 5) is 11.0. The van der Waals surface area contributed by atoms with Crippen LogP contribution in [0.15, 0.2) is 0 Å². The fourth-order valence-electron chi connectivity index (χ4n) is 0.861. The zero-order valence-corrected chi connectivity index (χ0v) is 7.92. The van der Waals surface area contributed by atoms with Crippen molar-refractivity contribution in [3.8, 4) is 0 Å². The highest BCUT2D eigenvalue weighted by Crippen LogP contribution is 2.06. The molecule has 0 aromatic carbocycles. The number of amides is 1. The number of nitrogens with one attached hydrogen (secondary N) is 1. The van der Waals surface area contributed by atoms with Crippen LogP contribution in [0, 0.1) is 0 Å². The Kier molecular flexibility index (Phi) is 4.20. The van der Waals surface area contributed by atoms with Crippen LogP contribution in [0.1, 0.15) is 27.2 Å². The van der Waals surface area contributed by atoms with Gasteiger partial charge in [-0.1, -0.05) is 0 Å². The Balaban J connectivity index is 3.96. The van der Waals surface area contributed by atoms with Crippen LogP contribution in [0.2, 0.25) is 0 Å². The molecular formula is C8H18N2O2. The topological polar surface area (TPSA) is 75.3 Å². The van der Waals surface area contributed by atoms with E-state index in [0.29, 0.717) is 13.0 Å². The highest BCUT2D eigenvalue weighted by atomic mass is 16.3. The van der Waals surface area contributed by atoms with Gasteiger partial charge < -0.3 is 16.2 Å². The van der Waals surface area contributed by atoms with Crippen LogP contribution < -0.4 is 11.1 Å². The van der Waals surface area contributed by atoms with Crippen molar-refractivity contribution in [2.24, 2.45) is 5.73 Å². The first-order valence-corrected chi connectivity index (χ1v) is 4.09. The summed E-state index contributed by atoms with van der Waals surface area (Å²) in [5.41, 5.74) is 5.02. The van der Waals surface area contributed by atoms with Gasteiger partial charge in [0.25, 0.3) is 0 Å². The molecule has 4 nitrogen and oxygen atoms in total. The Morgan fingerprint density at radius 2 is 2.17 bits per heavy atom. The van der Waals surface area contributed by atoms with Gasteiger partial charge in [0.15, 0.2) is 0 Å². The largest absolute Gasteiger partial charge is 0.384 e. The summed E-state index contributed by atoms with van der Waals surface area (Å²) >= 11 is 0. The van der Waals surface area contributed by atoms with Gasteiger partial charge in [0.2, 0.25) is 5.91 Å². The molecule has 0 heterocycles. The first-order chi connectivity index (χ1) is 5.39. The normalized spacial score (nSPS) is 14.1. The van der Waals surface area contributed by atoms with E-state index >= 15 is 0 Å². The van der Waals surface area contributed by atoms with Gasteiger partial charge in [-0.05, 0) is 33.7 Å². The molecule has 0 saturated carbocycles. The number of nitrogens with two attached hydrogens (primary N) is 1. The molecule has 0 aliphatic carbocycles. The van der Waals surface area contributed by atoms with E-state index in [1.165, 1.54) is 6.92 Å². The number of hydrogen-bond donors (Lipinski definition) is 3. The first-order valence-electron chi connectivity index (χ1n) is 4.09. The summed E-state index contributed by atoms with van der Waals surface area (Å²) in [6.45, 7) is 5.71. The lowest BCUT2D eigenvalue weighted by molar-refractivity contribution is -0.130. The van der Waals surface area contributed by atoms with Gasteiger partial charge in [-0.3, -0.25) is 4.79 Å². The van der Waals surface area contributed by atoms with Crippen molar-refractivity contribution in [1.82, 2.24) is 5.32 Å². The van der Waals surface area contributed by atoms with Gasteiger partial charge in [0, 0.05) is 5.54 Å². The van der Waals surface area contributed by atoms with Crippen LogP contribution in [-0.4, -0.2) is 29.2 Å². The van der Waals surface area contributed by atoms with Gasteiger partial charge in [-0.15, -0.1) is 0 Å². The van der Waals surface area contributed by atoms with Gasteiger partial charge in [0.05, 0.1) is 0 Å². The minimum atomic E-state index is -0.956. The molecule has 0 aliphatic heterocycles. The fraction of sp³-hybridized carbons (Fsp3) is 0.875. The van der Waals surface area contributed by atoms with Gasteiger partial charge >= 0.3 is 0 Å². The maximum Gasteiger partial charge on any atom is 0.248 e. The Morgan fingerprint density at radius 3 is 2.50 bits per heavy atom. The average Bonchev–Trinajstić information content (AvgIpc) is 1.85. The molecule has 1 amide bonds. The molecule has 72 valence electrons. The second-order valence-electron chi connectivity index (χ2n) is 3.59. The predicted octanol–water partition coefficient (Wildman–Crippen LogP) is -0.389. The molecule has 4 heteroatoms. The van der Waals surface area contributed by atoms with E-state index in [9.17, 15) is 4.79 Å². The highest BCUT2D eigenvalue weighted by Gasteiger charge is 2.21. The Hall–Kier alpha value is -0.610. The van der Waals surface area contributed by atoms with Gasteiger partial charge in [-0.2, -0.15) is 0 Å². The van der Waals surface area contributed by atoms with Crippen molar-refractivity contribution in [2.45, 2.75) is 38.8 Å². The second kappa shape index (κ2) is 4.42. The third kappa shape index (κ3) is 4.31.